The molecule has 0 radical (unpaired) electrons. The van der Waals surface area contributed by atoms with Crippen LogP contribution >= 0.6 is 0 Å². The van der Waals surface area contributed by atoms with Gasteiger partial charge in [-0.1, -0.05) is 18.2 Å². The highest BCUT2D eigenvalue weighted by atomic mass is 32.2. The highest BCUT2D eigenvalue weighted by molar-refractivity contribution is 7.92. The van der Waals surface area contributed by atoms with E-state index in [1.807, 2.05) is 51.1 Å². The number of benzene rings is 2. The van der Waals surface area contributed by atoms with Gasteiger partial charge in [-0.15, -0.1) is 0 Å². The Labute approximate surface area is 167 Å². The summed E-state index contributed by atoms with van der Waals surface area (Å²) in [6, 6.07) is 11.7. The highest BCUT2D eigenvalue weighted by Crippen LogP contribution is 2.24. The van der Waals surface area contributed by atoms with Gasteiger partial charge in [0.05, 0.1) is 25.1 Å². The van der Waals surface area contributed by atoms with Crippen molar-refractivity contribution in [2.24, 2.45) is 0 Å². The standard InChI is InChI=1S/C21H28N2O4S/c1-14-11-15(2)13-19(12-14)23(28(6,25)26)17(4)21(24)22-16(3)18-7-9-20(27-5)10-8-18/h7-13,16-17H,1-6H3,(H,22,24)/t16-,17+/m1/s1. The number of nitrogens with zero attached hydrogens (tertiary/aromatic N) is 1. The first-order chi connectivity index (χ1) is 13.0. The lowest BCUT2D eigenvalue weighted by Gasteiger charge is -2.30. The maximum atomic E-state index is 12.8. The minimum atomic E-state index is -3.65. The smallest absolute Gasteiger partial charge is 0.244 e. The Balaban J connectivity index is 2.25. The van der Waals surface area contributed by atoms with Crippen molar-refractivity contribution in [2.75, 3.05) is 17.7 Å². The van der Waals surface area contributed by atoms with Gasteiger partial charge in [0.2, 0.25) is 15.9 Å². The molecule has 0 unspecified atom stereocenters. The molecule has 0 spiro atoms. The molecule has 0 aliphatic rings. The minimum Gasteiger partial charge on any atom is -0.497 e. The van der Waals surface area contributed by atoms with Crippen LogP contribution in [-0.4, -0.2) is 33.7 Å². The minimum absolute atomic E-state index is 0.276. The van der Waals surface area contributed by atoms with Crippen molar-refractivity contribution in [3.05, 3.63) is 59.2 Å². The first kappa shape index (κ1) is 21.8. The van der Waals surface area contributed by atoms with E-state index in [-0.39, 0.29) is 11.9 Å². The summed E-state index contributed by atoms with van der Waals surface area (Å²) in [5, 5.41) is 2.90. The molecule has 0 aliphatic heterocycles. The van der Waals surface area contributed by atoms with E-state index in [0.717, 1.165) is 28.7 Å². The summed E-state index contributed by atoms with van der Waals surface area (Å²) in [5.41, 5.74) is 3.25. The van der Waals surface area contributed by atoms with Crippen molar-refractivity contribution in [1.29, 1.82) is 0 Å². The molecular weight excluding hydrogens is 376 g/mol. The lowest BCUT2D eigenvalue weighted by Crippen LogP contribution is -2.48. The van der Waals surface area contributed by atoms with Gasteiger partial charge in [0.1, 0.15) is 11.8 Å². The fraction of sp³-hybridized carbons (Fsp3) is 0.381. The van der Waals surface area contributed by atoms with Gasteiger partial charge in [0, 0.05) is 0 Å². The molecule has 0 aliphatic carbocycles. The number of amides is 1. The van der Waals surface area contributed by atoms with Crippen LogP contribution in [0.25, 0.3) is 0 Å². The maximum Gasteiger partial charge on any atom is 0.244 e. The number of nitrogens with one attached hydrogen (secondary N) is 1. The third kappa shape index (κ3) is 5.25. The predicted molar refractivity (Wildman–Crippen MR) is 112 cm³/mol. The Morgan fingerprint density at radius 3 is 2.04 bits per heavy atom. The van der Waals surface area contributed by atoms with Crippen molar-refractivity contribution in [2.45, 2.75) is 39.8 Å². The van der Waals surface area contributed by atoms with Crippen molar-refractivity contribution in [3.63, 3.8) is 0 Å². The molecule has 2 aromatic rings. The molecule has 28 heavy (non-hydrogen) atoms. The summed E-state index contributed by atoms with van der Waals surface area (Å²) >= 11 is 0. The van der Waals surface area contributed by atoms with Gasteiger partial charge >= 0.3 is 0 Å². The molecule has 2 atom stereocenters. The Kier molecular flexibility index (Phi) is 6.72. The topological polar surface area (TPSA) is 75.7 Å². The van der Waals surface area contributed by atoms with Crippen LogP contribution in [0, 0.1) is 13.8 Å². The van der Waals surface area contributed by atoms with Gasteiger partial charge in [-0.3, -0.25) is 9.10 Å². The molecule has 0 fully saturated rings. The Morgan fingerprint density at radius 2 is 1.57 bits per heavy atom. The van der Waals surface area contributed by atoms with E-state index in [0.29, 0.717) is 5.69 Å². The number of ether oxygens (including phenoxy) is 1. The van der Waals surface area contributed by atoms with Crippen molar-refractivity contribution >= 4 is 21.6 Å². The second-order valence-corrected chi connectivity index (χ2v) is 8.94. The first-order valence-corrected chi connectivity index (χ1v) is 10.9. The van der Waals surface area contributed by atoms with Crippen LogP contribution in [0.15, 0.2) is 42.5 Å². The van der Waals surface area contributed by atoms with E-state index in [1.165, 1.54) is 4.31 Å². The van der Waals surface area contributed by atoms with Crippen LogP contribution in [-0.2, 0) is 14.8 Å². The van der Waals surface area contributed by atoms with E-state index in [4.69, 9.17) is 4.74 Å². The SMILES string of the molecule is COc1ccc([C@@H](C)NC(=O)[C@H](C)N(c2cc(C)cc(C)c2)S(C)(=O)=O)cc1. The van der Waals surface area contributed by atoms with Crippen molar-refractivity contribution in [3.8, 4) is 5.75 Å². The molecule has 0 heterocycles. The highest BCUT2D eigenvalue weighted by Gasteiger charge is 2.30. The van der Waals surface area contributed by atoms with Crippen LogP contribution in [0.4, 0.5) is 5.69 Å². The van der Waals surface area contributed by atoms with Gasteiger partial charge in [0.15, 0.2) is 0 Å². The lowest BCUT2D eigenvalue weighted by atomic mass is 10.1. The Bertz CT molecular complexity index is 919. The Morgan fingerprint density at radius 1 is 1.04 bits per heavy atom. The molecule has 2 aromatic carbocycles. The third-order valence-corrected chi connectivity index (χ3v) is 5.77. The molecule has 0 aromatic heterocycles. The second-order valence-electron chi connectivity index (χ2n) is 7.08. The fourth-order valence-corrected chi connectivity index (χ4v) is 4.36. The first-order valence-electron chi connectivity index (χ1n) is 9.05. The zero-order valence-electron chi connectivity index (χ0n) is 17.2. The summed E-state index contributed by atoms with van der Waals surface area (Å²) in [5.74, 6) is 0.363. The van der Waals surface area contributed by atoms with Gasteiger partial charge in [0.25, 0.3) is 0 Å². The summed E-state index contributed by atoms with van der Waals surface area (Å²) in [7, 11) is -2.06. The summed E-state index contributed by atoms with van der Waals surface area (Å²) in [6.07, 6.45) is 1.11. The quantitative estimate of drug-likeness (QED) is 0.768. The number of carbonyl (C=O) groups excluding carboxylic acids is 1. The van der Waals surface area contributed by atoms with Gasteiger partial charge < -0.3 is 10.1 Å². The molecule has 0 saturated carbocycles. The fourth-order valence-electron chi connectivity index (χ4n) is 3.20. The van der Waals surface area contributed by atoms with Crippen molar-refractivity contribution < 1.29 is 17.9 Å². The number of hydrogen-bond acceptors (Lipinski definition) is 4. The summed E-state index contributed by atoms with van der Waals surface area (Å²) in [4.78, 5) is 12.8. The number of rotatable bonds is 7. The molecule has 7 heteroatoms. The van der Waals surface area contributed by atoms with Gasteiger partial charge in [-0.2, -0.15) is 0 Å². The zero-order valence-corrected chi connectivity index (χ0v) is 18.0. The summed E-state index contributed by atoms with van der Waals surface area (Å²) < 4.78 is 31.2. The molecule has 6 nitrogen and oxygen atoms in total. The number of carbonyl (C=O) groups is 1. The average Bonchev–Trinajstić information content (AvgIpc) is 2.59. The number of hydrogen-bond donors (Lipinski definition) is 1. The normalized spacial score (nSPS) is 13.5. The number of aryl methyl sites for hydroxylation is 2. The van der Waals surface area contributed by atoms with E-state index in [9.17, 15) is 13.2 Å². The maximum absolute atomic E-state index is 12.8. The summed E-state index contributed by atoms with van der Waals surface area (Å²) in [6.45, 7) is 7.24. The molecule has 2 rings (SSSR count). The van der Waals surface area contributed by atoms with Gasteiger partial charge in [-0.05, 0) is 68.7 Å². The largest absolute Gasteiger partial charge is 0.497 e. The second kappa shape index (κ2) is 8.65. The van der Waals surface area contributed by atoms with E-state index < -0.39 is 16.1 Å². The van der Waals surface area contributed by atoms with E-state index in [1.54, 1.807) is 26.2 Å². The van der Waals surface area contributed by atoms with Crippen LogP contribution in [0.1, 0.15) is 36.6 Å². The molecular formula is C21H28N2O4S. The lowest BCUT2D eigenvalue weighted by molar-refractivity contribution is -0.122. The van der Waals surface area contributed by atoms with E-state index in [2.05, 4.69) is 5.32 Å². The monoisotopic (exact) mass is 404 g/mol. The van der Waals surface area contributed by atoms with Gasteiger partial charge in [-0.25, -0.2) is 8.42 Å². The predicted octanol–water partition coefficient (Wildman–Crippen LogP) is 3.34. The third-order valence-electron chi connectivity index (χ3n) is 4.52. The molecule has 152 valence electrons. The zero-order chi connectivity index (χ0) is 21.1. The molecule has 1 amide bonds. The van der Waals surface area contributed by atoms with E-state index >= 15 is 0 Å². The van der Waals surface area contributed by atoms with Crippen molar-refractivity contribution in [1.82, 2.24) is 5.32 Å². The molecule has 1 N–H and O–H groups in total. The van der Waals surface area contributed by atoms with Crippen LogP contribution in [0.2, 0.25) is 0 Å². The average molecular weight is 405 g/mol. The number of sulfonamides is 1. The number of methoxy groups -OCH3 is 1. The Hall–Kier alpha value is -2.54. The van der Waals surface area contributed by atoms with Crippen LogP contribution in [0.3, 0.4) is 0 Å². The molecule has 0 bridgehead atoms. The van der Waals surface area contributed by atoms with Crippen LogP contribution < -0.4 is 14.4 Å². The number of anilines is 1. The van der Waals surface area contributed by atoms with Crippen LogP contribution in [0.5, 0.6) is 5.75 Å². The molecule has 0 saturated heterocycles.